The summed E-state index contributed by atoms with van der Waals surface area (Å²) in [5.74, 6) is -0.630. The van der Waals surface area contributed by atoms with Crippen LogP contribution in [0.5, 0.6) is 0 Å². The van der Waals surface area contributed by atoms with E-state index >= 15 is 0 Å². The molecule has 0 saturated heterocycles. The molecule has 42 heavy (non-hydrogen) atoms. The molecule has 0 spiro atoms. The first-order valence-electron chi connectivity index (χ1n) is 13.4. The maximum atomic E-state index is 12.8. The van der Waals surface area contributed by atoms with Gasteiger partial charge in [-0.1, -0.05) is 25.3 Å². The van der Waals surface area contributed by atoms with Crippen LogP contribution >= 0.6 is 0 Å². The van der Waals surface area contributed by atoms with Gasteiger partial charge in [-0.25, -0.2) is 14.6 Å². The number of carboxylic acid groups (broad SMARTS) is 2. The van der Waals surface area contributed by atoms with Gasteiger partial charge in [0.2, 0.25) is 5.91 Å². The molecule has 0 bridgehead atoms. The molecule has 1 aromatic heterocycles. The molecule has 12 nitrogen and oxygen atoms in total. The second kappa shape index (κ2) is 14.5. The monoisotopic (exact) mass is 575 g/mol. The van der Waals surface area contributed by atoms with E-state index in [1.807, 2.05) is 11.0 Å². The normalized spacial score (nSPS) is 12.1. The first kappa shape index (κ1) is 31.3. The Morgan fingerprint density at radius 2 is 1.69 bits per heavy atom. The number of carbonyl (C=O) groups is 4. The Labute approximate surface area is 242 Å². The Kier molecular flexibility index (Phi) is 10.8. The number of terminal acetylenes is 1. The molecule has 0 aliphatic carbocycles. The molecule has 3 aromatic rings. The van der Waals surface area contributed by atoms with Gasteiger partial charge < -0.3 is 30.7 Å². The zero-order valence-corrected chi connectivity index (χ0v) is 23.3. The number of anilines is 1. The van der Waals surface area contributed by atoms with Crippen LogP contribution < -0.4 is 21.1 Å². The first-order chi connectivity index (χ1) is 20.0. The van der Waals surface area contributed by atoms with Crippen molar-refractivity contribution in [3.05, 3.63) is 69.8 Å². The highest BCUT2D eigenvalue weighted by Gasteiger charge is 2.24. The summed E-state index contributed by atoms with van der Waals surface area (Å²) in [6, 6.07) is 9.37. The zero-order chi connectivity index (χ0) is 30.8. The highest BCUT2D eigenvalue weighted by atomic mass is 16.4. The second-order valence-electron chi connectivity index (χ2n) is 9.76. The van der Waals surface area contributed by atoms with Gasteiger partial charge in [-0.2, -0.15) is 0 Å². The third-order valence-corrected chi connectivity index (χ3v) is 6.51. The van der Waals surface area contributed by atoms with Crippen LogP contribution in [0.25, 0.3) is 10.9 Å². The Bertz CT molecular complexity index is 1560. The maximum Gasteiger partial charge on any atom is 0.326 e. The molecule has 220 valence electrons. The minimum Gasteiger partial charge on any atom is -0.480 e. The van der Waals surface area contributed by atoms with Crippen molar-refractivity contribution in [3.63, 3.8) is 0 Å². The highest BCUT2D eigenvalue weighted by molar-refractivity contribution is 5.97. The van der Waals surface area contributed by atoms with E-state index in [0.29, 0.717) is 35.4 Å². The van der Waals surface area contributed by atoms with E-state index in [0.717, 1.165) is 5.56 Å². The van der Waals surface area contributed by atoms with Crippen molar-refractivity contribution >= 4 is 40.3 Å². The maximum absolute atomic E-state index is 12.8. The fourth-order valence-electron chi connectivity index (χ4n) is 4.38. The van der Waals surface area contributed by atoms with Gasteiger partial charge in [0.05, 0.1) is 17.4 Å². The average Bonchev–Trinajstić information content (AvgIpc) is 2.94. The molecular formula is C30H33N5O7. The van der Waals surface area contributed by atoms with Gasteiger partial charge in [-0.15, -0.1) is 6.42 Å². The van der Waals surface area contributed by atoms with Gasteiger partial charge in [-0.3, -0.25) is 14.4 Å². The van der Waals surface area contributed by atoms with Crippen molar-refractivity contribution in [2.24, 2.45) is 0 Å². The number of carbonyl (C=O) groups excluding carboxylic acids is 2. The Morgan fingerprint density at radius 1 is 1.02 bits per heavy atom. The summed E-state index contributed by atoms with van der Waals surface area (Å²) < 4.78 is 0. The van der Waals surface area contributed by atoms with Crippen molar-refractivity contribution in [1.29, 1.82) is 0 Å². The van der Waals surface area contributed by atoms with E-state index in [1.54, 1.807) is 38.1 Å². The number of nitrogens with one attached hydrogen (secondary N) is 3. The lowest BCUT2D eigenvalue weighted by Crippen LogP contribution is -2.43. The summed E-state index contributed by atoms with van der Waals surface area (Å²) >= 11 is 0. The number of rotatable bonds is 14. The Hall–Kier alpha value is -5.18. The zero-order valence-electron chi connectivity index (χ0n) is 23.3. The molecule has 0 aliphatic rings. The van der Waals surface area contributed by atoms with Crippen molar-refractivity contribution < 1.29 is 29.4 Å². The summed E-state index contributed by atoms with van der Waals surface area (Å²) in [6.45, 7) is 4.12. The number of aryl methyl sites for hydroxylation is 1. The van der Waals surface area contributed by atoms with Crippen LogP contribution in [0.2, 0.25) is 0 Å². The molecule has 2 aromatic carbocycles. The molecule has 1 heterocycles. The molecule has 2 amide bonds. The largest absolute Gasteiger partial charge is 0.480 e. The quantitative estimate of drug-likeness (QED) is 0.180. The number of aromatic amines is 1. The SMILES string of the molecule is C#CCN(Cc1ccc2nc(C)[nH]c(=O)c2c1)c1ccc(C(=O)N[C@@H](CCC(=O)N[C@@H](CCC)C(=O)O)C(=O)O)cc1. The lowest BCUT2D eigenvalue weighted by Gasteiger charge is -2.23. The topological polar surface area (TPSA) is 182 Å². The van der Waals surface area contributed by atoms with E-state index in [4.69, 9.17) is 6.42 Å². The number of hydrogen-bond acceptors (Lipinski definition) is 7. The minimum atomic E-state index is -1.36. The van der Waals surface area contributed by atoms with E-state index in [2.05, 4.69) is 26.5 Å². The average molecular weight is 576 g/mol. The number of H-pyrrole nitrogens is 1. The fourth-order valence-corrected chi connectivity index (χ4v) is 4.38. The van der Waals surface area contributed by atoms with Crippen molar-refractivity contribution in [2.45, 2.75) is 58.2 Å². The number of aliphatic carboxylic acids is 2. The molecule has 0 radical (unpaired) electrons. The van der Waals surface area contributed by atoms with Crippen LogP contribution in [0.1, 0.15) is 54.4 Å². The third kappa shape index (κ3) is 8.41. The second-order valence-corrected chi connectivity index (χ2v) is 9.76. The van der Waals surface area contributed by atoms with Gasteiger partial charge in [-0.05, 0) is 61.7 Å². The lowest BCUT2D eigenvalue weighted by molar-refractivity contribution is -0.142. The number of benzene rings is 2. The van der Waals surface area contributed by atoms with Crippen molar-refractivity contribution in [2.75, 3.05) is 11.4 Å². The van der Waals surface area contributed by atoms with Gasteiger partial charge in [0.15, 0.2) is 0 Å². The number of fused-ring (bicyclic) bond motifs is 1. The Balaban J connectivity index is 1.66. The van der Waals surface area contributed by atoms with E-state index in [-0.39, 0.29) is 36.9 Å². The molecule has 0 fully saturated rings. The highest BCUT2D eigenvalue weighted by Crippen LogP contribution is 2.20. The molecule has 3 rings (SSSR count). The number of aromatic nitrogens is 2. The van der Waals surface area contributed by atoms with E-state index < -0.39 is 35.8 Å². The summed E-state index contributed by atoms with van der Waals surface area (Å²) in [6.07, 6.45) is 5.88. The molecule has 5 N–H and O–H groups in total. The smallest absolute Gasteiger partial charge is 0.326 e. The van der Waals surface area contributed by atoms with Crippen LogP contribution in [0.4, 0.5) is 5.69 Å². The molecular weight excluding hydrogens is 542 g/mol. The van der Waals surface area contributed by atoms with Gasteiger partial charge >= 0.3 is 11.9 Å². The number of carboxylic acids is 2. The lowest BCUT2D eigenvalue weighted by atomic mass is 10.1. The van der Waals surface area contributed by atoms with Crippen molar-refractivity contribution in [3.8, 4) is 12.3 Å². The molecule has 0 saturated carbocycles. The first-order valence-corrected chi connectivity index (χ1v) is 13.4. The van der Waals surface area contributed by atoms with Crippen molar-refractivity contribution in [1.82, 2.24) is 20.6 Å². The summed E-state index contributed by atoms with van der Waals surface area (Å²) in [5.41, 5.74) is 2.07. The molecule has 2 atom stereocenters. The Morgan fingerprint density at radius 3 is 2.31 bits per heavy atom. The number of amides is 2. The molecule has 0 unspecified atom stereocenters. The molecule has 0 aliphatic heterocycles. The standard InChI is InChI=1S/C30H33N5O7/c1-4-6-24(29(39)40)33-26(36)14-13-25(30(41)42)34-27(37)20-8-10-21(11-9-20)35(15-5-2)17-19-7-12-23-22(16-19)28(38)32-18(3)31-23/h2,7-12,16,24-25H,4,6,13-15,17H2,1,3H3,(H,33,36)(H,34,37)(H,39,40)(H,41,42)(H,31,32,38)/t24-,25-/m0/s1. The summed E-state index contributed by atoms with van der Waals surface area (Å²) in [7, 11) is 0. The van der Waals surface area contributed by atoms with Crippen LogP contribution in [0.3, 0.4) is 0 Å². The predicted molar refractivity (Wildman–Crippen MR) is 156 cm³/mol. The van der Waals surface area contributed by atoms with Gasteiger partial charge in [0, 0.05) is 24.2 Å². The summed E-state index contributed by atoms with van der Waals surface area (Å²) in [4.78, 5) is 69.2. The minimum absolute atomic E-state index is 0.197. The number of hydrogen-bond donors (Lipinski definition) is 5. The summed E-state index contributed by atoms with van der Waals surface area (Å²) in [5, 5.41) is 24.0. The van der Waals surface area contributed by atoms with E-state index in [1.165, 1.54) is 12.1 Å². The van der Waals surface area contributed by atoms with Crippen LogP contribution in [0, 0.1) is 19.3 Å². The number of nitrogens with zero attached hydrogens (tertiary/aromatic N) is 2. The van der Waals surface area contributed by atoms with Gasteiger partial charge in [0.25, 0.3) is 11.5 Å². The third-order valence-electron chi connectivity index (χ3n) is 6.51. The molecule has 12 heteroatoms. The fraction of sp³-hybridized carbons (Fsp3) is 0.333. The van der Waals surface area contributed by atoms with Crippen LogP contribution in [0.15, 0.2) is 47.3 Å². The van der Waals surface area contributed by atoms with E-state index in [9.17, 15) is 34.2 Å². The van der Waals surface area contributed by atoms with Crippen LogP contribution in [-0.4, -0.2) is 62.6 Å². The van der Waals surface area contributed by atoms with Gasteiger partial charge in [0.1, 0.15) is 17.9 Å². The van der Waals surface area contributed by atoms with Crippen LogP contribution in [-0.2, 0) is 20.9 Å². The predicted octanol–water partition coefficient (Wildman–Crippen LogP) is 2.20.